The number of amides is 2. The molecule has 2 heterocycles. The van der Waals surface area contributed by atoms with Gasteiger partial charge in [-0.1, -0.05) is 11.6 Å². The molecule has 0 spiro atoms. The van der Waals surface area contributed by atoms with Crippen LogP contribution in [0.3, 0.4) is 0 Å². The zero-order valence-electron chi connectivity index (χ0n) is 7.83. The Balaban J connectivity index is 2.00. The maximum absolute atomic E-state index is 11.1. The van der Waals surface area contributed by atoms with Gasteiger partial charge in [0.05, 0.1) is 17.4 Å². The highest BCUT2D eigenvalue weighted by Gasteiger charge is 2.22. The first kappa shape index (κ1) is 10.6. The topological polar surface area (TPSA) is 49.4 Å². The van der Waals surface area contributed by atoms with Gasteiger partial charge < -0.3 is 0 Å². The molecule has 1 aliphatic rings. The summed E-state index contributed by atoms with van der Waals surface area (Å²) in [5.41, 5.74) is 0. The van der Waals surface area contributed by atoms with Gasteiger partial charge in [-0.15, -0.1) is 11.3 Å². The average Bonchev–Trinajstić information content (AvgIpc) is 2.49. The SMILES string of the molecule is O=C1CN(Cc2ccc(Cl)s2)CC(=O)N1. The number of imide groups is 1. The predicted octanol–water partition coefficient (Wildman–Crippen LogP) is 0.860. The van der Waals surface area contributed by atoms with E-state index in [0.717, 1.165) is 9.21 Å². The van der Waals surface area contributed by atoms with Crippen molar-refractivity contribution in [2.75, 3.05) is 13.1 Å². The largest absolute Gasteiger partial charge is 0.294 e. The van der Waals surface area contributed by atoms with Crippen LogP contribution < -0.4 is 5.32 Å². The number of thiophene rings is 1. The Morgan fingerprint density at radius 3 is 2.53 bits per heavy atom. The molecular weight excluding hydrogens is 236 g/mol. The van der Waals surface area contributed by atoms with E-state index < -0.39 is 0 Å². The van der Waals surface area contributed by atoms with Crippen molar-refractivity contribution < 1.29 is 9.59 Å². The number of nitrogens with one attached hydrogen (secondary N) is 1. The standard InChI is InChI=1S/C9H9ClN2O2S/c10-7-2-1-6(15-7)3-12-4-8(13)11-9(14)5-12/h1-2H,3-5H2,(H,11,13,14). The van der Waals surface area contributed by atoms with E-state index in [0.29, 0.717) is 6.54 Å². The zero-order chi connectivity index (χ0) is 10.8. The second kappa shape index (κ2) is 4.30. The number of carbonyl (C=O) groups excluding carboxylic acids is 2. The lowest BCUT2D eigenvalue weighted by atomic mass is 10.3. The Morgan fingerprint density at radius 1 is 1.33 bits per heavy atom. The molecule has 0 atom stereocenters. The number of nitrogens with zero attached hydrogens (tertiary/aromatic N) is 1. The fraction of sp³-hybridized carbons (Fsp3) is 0.333. The molecule has 0 aromatic carbocycles. The van der Waals surface area contributed by atoms with Crippen LogP contribution in [0.15, 0.2) is 12.1 Å². The number of rotatable bonds is 2. The summed E-state index contributed by atoms with van der Waals surface area (Å²) in [6.07, 6.45) is 0. The Bertz CT molecular complexity index is 389. The number of hydrogen-bond donors (Lipinski definition) is 1. The highest BCUT2D eigenvalue weighted by molar-refractivity contribution is 7.16. The van der Waals surface area contributed by atoms with Gasteiger partial charge in [0.1, 0.15) is 0 Å². The zero-order valence-corrected chi connectivity index (χ0v) is 9.40. The van der Waals surface area contributed by atoms with Gasteiger partial charge in [0.15, 0.2) is 0 Å². The van der Waals surface area contributed by atoms with Crippen molar-refractivity contribution in [2.45, 2.75) is 6.54 Å². The smallest absolute Gasteiger partial charge is 0.240 e. The highest BCUT2D eigenvalue weighted by atomic mass is 35.5. The average molecular weight is 245 g/mol. The Kier molecular flexibility index (Phi) is 3.04. The van der Waals surface area contributed by atoms with Crippen molar-refractivity contribution in [3.05, 3.63) is 21.3 Å². The lowest BCUT2D eigenvalue weighted by Crippen LogP contribution is -2.50. The Morgan fingerprint density at radius 2 is 2.00 bits per heavy atom. The summed E-state index contributed by atoms with van der Waals surface area (Å²) in [6, 6.07) is 3.72. The third-order valence-electron chi connectivity index (χ3n) is 2.02. The molecule has 1 saturated heterocycles. The molecule has 1 N–H and O–H groups in total. The fourth-order valence-corrected chi connectivity index (χ4v) is 2.60. The van der Waals surface area contributed by atoms with E-state index in [1.807, 2.05) is 12.1 Å². The fourth-order valence-electron chi connectivity index (χ4n) is 1.47. The molecule has 80 valence electrons. The number of carbonyl (C=O) groups is 2. The van der Waals surface area contributed by atoms with E-state index in [4.69, 9.17) is 11.6 Å². The first-order valence-corrected chi connectivity index (χ1v) is 5.62. The quantitative estimate of drug-likeness (QED) is 0.785. The Hall–Kier alpha value is -0.910. The molecular formula is C9H9ClN2O2S. The first-order chi connectivity index (χ1) is 7.13. The van der Waals surface area contributed by atoms with Crippen LogP contribution in [0.25, 0.3) is 0 Å². The molecule has 1 aromatic heterocycles. The van der Waals surface area contributed by atoms with Crippen LogP contribution in [0.2, 0.25) is 4.34 Å². The van der Waals surface area contributed by atoms with Gasteiger partial charge in [0.2, 0.25) is 11.8 Å². The summed E-state index contributed by atoms with van der Waals surface area (Å²) < 4.78 is 0.720. The van der Waals surface area contributed by atoms with E-state index in [1.54, 1.807) is 4.90 Å². The van der Waals surface area contributed by atoms with Crippen molar-refractivity contribution in [2.24, 2.45) is 0 Å². The molecule has 0 bridgehead atoms. The lowest BCUT2D eigenvalue weighted by Gasteiger charge is -2.24. The van der Waals surface area contributed by atoms with Gasteiger partial charge in [-0.05, 0) is 12.1 Å². The first-order valence-electron chi connectivity index (χ1n) is 4.43. The number of piperazine rings is 1. The van der Waals surface area contributed by atoms with Crippen molar-refractivity contribution in [1.82, 2.24) is 10.2 Å². The molecule has 2 amide bonds. The summed E-state index contributed by atoms with van der Waals surface area (Å²) in [7, 11) is 0. The van der Waals surface area contributed by atoms with Crippen LogP contribution >= 0.6 is 22.9 Å². The van der Waals surface area contributed by atoms with Crippen LogP contribution in [0.4, 0.5) is 0 Å². The van der Waals surface area contributed by atoms with Crippen molar-refractivity contribution >= 4 is 34.8 Å². The summed E-state index contributed by atoms with van der Waals surface area (Å²) in [4.78, 5) is 25.0. The summed E-state index contributed by atoms with van der Waals surface area (Å²) >= 11 is 7.25. The summed E-state index contributed by atoms with van der Waals surface area (Å²) in [5.74, 6) is -0.484. The molecule has 0 saturated carbocycles. The second-order valence-electron chi connectivity index (χ2n) is 3.32. The van der Waals surface area contributed by atoms with E-state index in [9.17, 15) is 9.59 Å². The lowest BCUT2D eigenvalue weighted by molar-refractivity contribution is -0.136. The minimum absolute atomic E-state index is 0.242. The van der Waals surface area contributed by atoms with E-state index in [1.165, 1.54) is 11.3 Å². The molecule has 15 heavy (non-hydrogen) atoms. The van der Waals surface area contributed by atoms with E-state index in [2.05, 4.69) is 5.32 Å². The monoisotopic (exact) mass is 244 g/mol. The van der Waals surface area contributed by atoms with Crippen molar-refractivity contribution in [3.63, 3.8) is 0 Å². The third-order valence-corrected chi connectivity index (χ3v) is 3.24. The molecule has 1 aliphatic heterocycles. The van der Waals surface area contributed by atoms with E-state index >= 15 is 0 Å². The van der Waals surface area contributed by atoms with Gasteiger partial charge in [-0.3, -0.25) is 19.8 Å². The third kappa shape index (κ3) is 2.77. The normalized spacial score (nSPS) is 17.9. The molecule has 6 heteroatoms. The molecule has 1 aromatic rings. The molecule has 2 rings (SSSR count). The van der Waals surface area contributed by atoms with Gasteiger partial charge >= 0.3 is 0 Å². The van der Waals surface area contributed by atoms with Gasteiger partial charge in [-0.25, -0.2) is 0 Å². The van der Waals surface area contributed by atoms with Crippen LogP contribution in [-0.4, -0.2) is 29.8 Å². The predicted molar refractivity (Wildman–Crippen MR) is 57.8 cm³/mol. The van der Waals surface area contributed by atoms with Gasteiger partial charge in [-0.2, -0.15) is 0 Å². The highest BCUT2D eigenvalue weighted by Crippen LogP contribution is 2.22. The van der Waals surface area contributed by atoms with Crippen LogP contribution in [0.1, 0.15) is 4.88 Å². The second-order valence-corrected chi connectivity index (χ2v) is 5.12. The minimum atomic E-state index is -0.242. The van der Waals surface area contributed by atoms with Crippen LogP contribution in [0, 0.1) is 0 Å². The molecule has 4 nitrogen and oxygen atoms in total. The summed E-state index contributed by atoms with van der Waals surface area (Å²) in [6.45, 7) is 1.12. The minimum Gasteiger partial charge on any atom is -0.294 e. The summed E-state index contributed by atoms with van der Waals surface area (Å²) in [5, 5.41) is 2.26. The van der Waals surface area contributed by atoms with Crippen molar-refractivity contribution in [3.8, 4) is 0 Å². The molecule has 0 unspecified atom stereocenters. The Labute approximate surface area is 95.8 Å². The molecule has 0 radical (unpaired) electrons. The van der Waals surface area contributed by atoms with Crippen LogP contribution in [0.5, 0.6) is 0 Å². The van der Waals surface area contributed by atoms with Crippen molar-refractivity contribution in [1.29, 1.82) is 0 Å². The van der Waals surface area contributed by atoms with Gasteiger partial charge in [0.25, 0.3) is 0 Å². The maximum Gasteiger partial charge on any atom is 0.240 e. The molecule has 0 aliphatic carbocycles. The van der Waals surface area contributed by atoms with E-state index in [-0.39, 0.29) is 24.9 Å². The van der Waals surface area contributed by atoms with Gasteiger partial charge in [0, 0.05) is 11.4 Å². The van der Waals surface area contributed by atoms with Crippen LogP contribution in [-0.2, 0) is 16.1 Å². The maximum atomic E-state index is 11.1. The molecule has 1 fully saturated rings. The number of halogens is 1. The number of hydrogen-bond acceptors (Lipinski definition) is 4.